The Hall–Kier alpha value is -2.81. The van der Waals surface area contributed by atoms with E-state index < -0.39 is 12.0 Å². The van der Waals surface area contributed by atoms with Crippen LogP contribution < -0.4 is 15.0 Å². The highest BCUT2D eigenvalue weighted by molar-refractivity contribution is 5.98. The molecule has 164 valence electrons. The summed E-state index contributed by atoms with van der Waals surface area (Å²) in [6, 6.07) is 4.83. The molecule has 2 aromatic rings. The van der Waals surface area contributed by atoms with Gasteiger partial charge in [-0.2, -0.15) is 8.78 Å². The van der Waals surface area contributed by atoms with Gasteiger partial charge in [0.2, 0.25) is 5.95 Å². The van der Waals surface area contributed by atoms with Gasteiger partial charge in [-0.3, -0.25) is 4.79 Å². The van der Waals surface area contributed by atoms with Crippen molar-refractivity contribution < 1.29 is 23.4 Å². The first-order valence-electron chi connectivity index (χ1n) is 10.6. The van der Waals surface area contributed by atoms with Crippen molar-refractivity contribution in [3.8, 4) is 17.0 Å². The van der Waals surface area contributed by atoms with E-state index in [2.05, 4.69) is 15.3 Å². The first-order chi connectivity index (χ1) is 14.8. The summed E-state index contributed by atoms with van der Waals surface area (Å²) in [6.07, 6.45) is -0.121. The van der Waals surface area contributed by atoms with E-state index in [1.165, 1.54) is 0 Å². The Morgan fingerprint density at radius 2 is 2.16 bits per heavy atom. The molecule has 2 N–H and O–H groups in total. The number of fused-ring (bicyclic) bond motifs is 2. The third kappa shape index (κ3) is 3.22. The monoisotopic (exact) mass is 430 g/mol. The minimum Gasteiger partial charge on any atom is -0.488 e. The molecule has 5 rings (SSSR count). The second-order valence-electron chi connectivity index (χ2n) is 8.43. The van der Waals surface area contributed by atoms with Crippen LogP contribution in [0.15, 0.2) is 18.2 Å². The number of rotatable bonds is 3. The molecule has 0 radical (unpaired) electrons. The minimum absolute atomic E-state index is 0.167. The van der Waals surface area contributed by atoms with Crippen molar-refractivity contribution in [2.45, 2.75) is 57.3 Å². The van der Waals surface area contributed by atoms with Gasteiger partial charge in [0, 0.05) is 24.1 Å². The number of aliphatic hydroxyl groups is 1. The first-order valence-corrected chi connectivity index (χ1v) is 10.6. The lowest BCUT2D eigenvalue weighted by molar-refractivity contribution is -0.00603. The second kappa shape index (κ2) is 7.12. The standard InChI is InChI=1S/C22H24F2N4O3/c1-3-13-9-25-20(30)14-5-4-12(8-17(14)31-13)18-15-6-7-22(23,24)19(15)27-21(26-18)28-10-16(29)11(28)2/h4-5,8,11,13,16,29H,3,6-7,9-10H2,1-2H3,(H,25,30)/t11-,13-,16+/m0/s1. The molecular formula is C22H24F2N4O3. The van der Waals surface area contributed by atoms with Gasteiger partial charge in [0.1, 0.15) is 17.5 Å². The van der Waals surface area contributed by atoms with Crippen molar-refractivity contribution in [2.24, 2.45) is 0 Å². The third-order valence-corrected chi connectivity index (χ3v) is 6.46. The number of anilines is 1. The number of β-amino-alcohol motifs (C(OH)–C–C–N with tert-alkyl or cyclic N) is 1. The highest BCUT2D eigenvalue weighted by Crippen LogP contribution is 2.45. The third-order valence-electron chi connectivity index (χ3n) is 6.46. The largest absolute Gasteiger partial charge is 0.488 e. The van der Waals surface area contributed by atoms with Crippen molar-refractivity contribution in [3.63, 3.8) is 0 Å². The van der Waals surface area contributed by atoms with E-state index >= 15 is 0 Å². The topological polar surface area (TPSA) is 87.6 Å². The fourth-order valence-electron chi connectivity index (χ4n) is 4.34. The van der Waals surface area contributed by atoms with E-state index in [4.69, 9.17) is 4.74 Å². The number of benzene rings is 1. The molecule has 7 nitrogen and oxygen atoms in total. The van der Waals surface area contributed by atoms with Crippen LogP contribution in [0.5, 0.6) is 5.75 Å². The lowest BCUT2D eigenvalue weighted by Crippen LogP contribution is -2.59. The fraction of sp³-hybridized carbons (Fsp3) is 0.500. The van der Waals surface area contributed by atoms with Gasteiger partial charge in [0.25, 0.3) is 11.8 Å². The molecule has 1 aromatic heterocycles. The van der Waals surface area contributed by atoms with E-state index in [0.717, 1.165) is 6.42 Å². The summed E-state index contributed by atoms with van der Waals surface area (Å²) in [7, 11) is 0. The Kier molecular flexibility index (Phi) is 4.62. The fourth-order valence-corrected chi connectivity index (χ4v) is 4.34. The van der Waals surface area contributed by atoms with Gasteiger partial charge in [-0.15, -0.1) is 0 Å². The van der Waals surface area contributed by atoms with Gasteiger partial charge in [-0.1, -0.05) is 13.0 Å². The number of carbonyl (C=O) groups excluding carboxylic acids is 1. The molecule has 9 heteroatoms. The Labute approximate surface area is 178 Å². The highest BCUT2D eigenvalue weighted by Gasteiger charge is 2.45. The minimum atomic E-state index is -3.02. The van der Waals surface area contributed by atoms with Crippen molar-refractivity contribution in [1.82, 2.24) is 15.3 Å². The zero-order valence-electron chi connectivity index (χ0n) is 17.4. The van der Waals surface area contributed by atoms with E-state index in [-0.39, 0.29) is 42.5 Å². The van der Waals surface area contributed by atoms with Crippen molar-refractivity contribution >= 4 is 11.9 Å². The summed E-state index contributed by atoms with van der Waals surface area (Å²) >= 11 is 0. The van der Waals surface area contributed by atoms with Crippen LogP contribution in [0.2, 0.25) is 0 Å². The summed E-state index contributed by atoms with van der Waals surface area (Å²) in [5, 5.41) is 12.7. The average molecular weight is 430 g/mol. The summed E-state index contributed by atoms with van der Waals surface area (Å²) in [4.78, 5) is 23.0. The van der Waals surface area contributed by atoms with Crippen LogP contribution in [0.4, 0.5) is 14.7 Å². The predicted molar refractivity (Wildman–Crippen MR) is 110 cm³/mol. The van der Waals surface area contributed by atoms with Crippen LogP contribution in [-0.2, 0) is 12.3 Å². The number of hydrogen-bond acceptors (Lipinski definition) is 6. The number of amides is 1. The van der Waals surface area contributed by atoms with Crippen LogP contribution in [0.1, 0.15) is 48.3 Å². The number of halogens is 2. The number of aliphatic hydroxyl groups excluding tert-OH is 1. The van der Waals surface area contributed by atoms with Gasteiger partial charge < -0.3 is 20.1 Å². The van der Waals surface area contributed by atoms with Crippen LogP contribution in [0.3, 0.4) is 0 Å². The predicted octanol–water partition coefficient (Wildman–Crippen LogP) is 2.65. The summed E-state index contributed by atoms with van der Waals surface area (Å²) in [5.74, 6) is -2.64. The van der Waals surface area contributed by atoms with Crippen molar-refractivity contribution in [2.75, 3.05) is 18.0 Å². The molecule has 0 saturated carbocycles. The molecule has 1 fully saturated rings. The Morgan fingerprint density at radius 1 is 1.35 bits per heavy atom. The quantitative estimate of drug-likeness (QED) is 0.779. The zero-order chi connectivity index (χ0) is 21.9. The molecule has 1 saturated heterocycles. The molecule has 0 unspecified atom stereocenters. The van der Waals surface area contributed by atoms with Crippen LogP contribution in [-0.4, -0.2) is 52.3 Å². The molecule has 1 aromatic carbocycles. The van der Waals surface area contributed by atoms with E-state index in [0.29, 0.717) is 41.2 Å². The number of nitrogens with one attached hydrogen (secondary N) is 1. The van der Waals surface area contributed by atoms with Gasteiger partial charge in [0.05, 0.1) is 29.9 Å². The van der Waals surface area contributed by atoms with E-state index in [1.807, 2.05) is 13.8 Å². The van der Waals surface area contributed by atoms with Crippen LogP contribution >= 0.6 is 0 Å². The Bertz CT molecular complexity index is 1060. The number of carbonyl (C=O) groups is 1. The maximum absolute atomic E-state index is 14.6. The maximum atomic E-state index is 14.6. The second-order valence-corrected chi connectivity index (χ2v) is 8.43. The molecule has 3 atom stereocenters. The number of alkyl halides is 2. The van der Waals surface area contributed by atoms with E-state index in [9.17, 15) is 18.7 Å². The van der Waals surface area contributed by atoms with E-state index in [1.54, 1.807) is 23.1 Å². The summed E-state index contributed by atoms with van der Waals surface area (Å²) in [6.45, 7) is 4.49. The molecule has 1 amide bonds. The molecular weight excluding hydrogens is 406 g/mol. The smallest absolute Gasteiger partial charge is 0.290 e. The highest BCUT2D eigenvalue weighted by atomic mass is 19.3. The van der Waals surface area contributed by atoms with Gasteiger partial charge in [-0.05, 0) is 31.9 Å². The van der Waals surface area contributed by atoms with Gasteiger partial charge in [0.15, 0.2) is 0 Å². The molecule has 0 bridgehead atoms. The zero-order valence-corrected chi connectivity index (χ0v) is 17.4. The van der Waals surface area contributed by atoms with Crippen LogP contribution in [0.25, 0.3) is 11.3 Å². The van der Waals surface area contributed by atoms with Crippen molar-refractivity contribution in [1.29, 1.82) is 0 Å². The molecule has 0 spiro atoms. The molecule has 31 heavy (non-hydrogen) atoms. The lowest BCUT2D eigenvalue weighted by atomic mass is 10.0. The normalized spacial score (nSPS) is 26.3. The molecule has 1 aliphatic carbocycles. The van der Waals surface area contributed by atoms with Crippen molar-refractivity contribution in [3.05, 3.63) is 35.0 Å². The van der Waals surface area contributed by atoms with Gasteiger partial charge >= 0.3 is 0 Å². The Balaban J connectivity index is 1.63. The molecule has 3 heterocycles. The first kappa shape index (κ1) is 20.1. The number of ether oxygens (including phenoxy) is 1. The SMILES string of the molecule is CC[C@H]1CNC(=O)c2ccc(-c3nc(N4C[C@@H](O)[C@@H]4C)nc4c3CCC4(F)F)cc2O1. The van der Waals surface area contributed by atoms with Crippen LogP contribution in [0, 0.1) is 0 Å². The molecule has 2 aliphatic heterocycles. The lowest BCUT2D eigenvalue weighted by Gasteiger charge is -2.43. The average Bonchev–Trinajstić information content (AvgIpc) is 2.97. The number of nitrogens with zero attached hydrogens (tertiary/aromatic N) is 3. The number of hydrogen-bond donors (Lipinski definition) is 2. The number of aromatic nitrogens is 2. The Morgan fingerprint density at radius 3 is 2.87 bits per heavy atom. The van der Waals surface area contributed by atoms with Gasteiger partial charge in [-0.25, -0.2) is 9.97 Å². The summed E-state index contributed by atoms with van der Waals surface area (Å²) in [5.41, 5.74) is 1.62. The summed E-state index contributed by atoms with van der Waals surface area (Å²) < 4.78 is 35.2. The maximum Gasteiger partial charge on any atom is 0.290 e. The molecule has 3 aliphatic rings.